The molecule has 0 aliphatic heterocycles. The van der Waals surface area contributed by atoms with Crippen LogP contribution in [0.4, 0.5) is 13.2 Å². The van der Waals surface area contributed by atoms with Crippen LogP contribution in [0.1, 0.15) is 36.4 Å². The summed E-state index contributed by atoms with van der Waals surface area (Å²) in [7, 11) is 0.491. The van der Waals surface area contributed by atoms with E-state index in [0.29, 0.717) is 32.9 Å². The molecule has 10 heteroatoms. The molecule has 0 radical (unpaired) electrons. The summed E-state index contributed by atoms with van der Waals surface area (Å²) >= 11 is 1.42. The number of pyridine rings is 1. The van der Waals surface area contributed by atoms with Gasteiger partial charge in [0, 0.05) is 18.7 Å². The van der Waals surface area contributed by atoms with Crippen molar-refractivity contribution in [2.45, 2.75) is 36.1 Å². The molecule has 0 amide bonds. The van der Waals surface area contributed by atoms with E-state index in [0.717, 1.165) is 23.9 Å². The number of nitrogens with zero attached hydrogens (tertiary/aromatic N) is 4. The Kier molecular flexibility index (Phi) is 4.14. The predicted octanol–water partition coefficient (Wildman–Crippen LogP) is 4.12. The molecule has 0 bridgehead atoms. The Hall–Kier alpha value is -1.81. The third-order valence-electron chi connectivity index (χ3n) is 4.28. The van der Waals surface area contributed by atoms with Gasteiger partial charge in [0.2, 0.25) is 0 Å². The second-order valence-electron chi connectivity index (χ2n) is 6.15. The highest BCUT2D eigenvalue weighted by Crippen LogP contribution is 2.45. The van der Waals surface area contributed by atoms with Gasteiger partial charge in [-0.05, 0) is 18.9 Å². The van der Waals surface area contributed by atoms with Crippen LogP contribution in [0, 0.1) is 0 Å². The van der Waals surface area contributed by atoms with Gasteiger partial charge in [0.1, 0.15) is 15.6 Å². The molecule has 0 saturated heterocycles. The molecular formula is C16H15F3N4OS2. The molecule has 4 rings (SSSR count). The Morgan fingerprint density at radius 2 is 2.08 bits per heavy atom. The Morgan fingerprint density at radius 3 is 2.69 bits per heavy atom. The number of rotatable bonds is 4. The quantitative estimate of drug-likeness (QED) is 0.661. The maximum atomic E-state index is 12.9. The summed E-state index contributed by atoms with van der Waals surface area (Å²) in [6.07, 6.45) is -1.24. The topological polar surface area (TPSA) is 60.7 Å². The molecule has 1 aliphatic rings. The number of aromatic nitrogens is 4. The van der Waals surface area contributed by atoms with Crippen molar-refractivity contribution in [1.29, 1.82) is 0 Å². The number of hydrogen-bond acceptors (Lipinski definition) is 5. The highest BCUT2D eigenvalue weighted by atomic mass is 32.2. The van der Waals surface area contributed by atoms with E-state index in [1.807, 2.05) is 6.92 Å². The number of imidazole rings is 1. The summed E-state index contributed by atoms with van der Waals surface area (Å²) in [5.41, 5.74) is 0.189. The fourth-order valence-electron chi connectivity index (χ4n) is 2.71. The van der Waals surface area contributed by atoms with Crippen LogP contribution in [0.2, 0.25) is 0 Å². The monoisotopic (exact) mass is 400 g/mol. The van der Waals surface area contributed by atoms with Gasteiger partial charge in [-0.25, -0.2) is 15.0 Å². The van der Waals surface area contributed by atoms with Gasteiger partial charge in [0.05, 0.1) is 33.0 Å². The number of thiazole rings is 1. The highest BCUT2D eigenvalue weighted by Gasteiger charge is 2.34. The van der Waals surface area contributed by atoms with Crippen molar-refractivity contribution in [1.82, 2.24) is 19.5 Å². The van der Waals surface area contributed by atoms with Gasteiger partial charge in [0.15, 0.2) is 5.82 Å². The van der Waals surface area contributed by atoms with Gasteiger partial charge in [-0.3, -0.25) is 4.21 Å². The first kappa shape index (κ1) is 17.6. The lowest BCUT2D eigenvalue weighted by atomic mass is 10.3. The van der Waals surface area contributed by atoms with Crippen LogP contribution < -0.4 is 0 Å². The van der Waals surface area contributed by atoms with Gasteiger partial charge in [-0.2, -0.15) is 13.2 Å². The third kappa shape index (κ3) is 2.94. The molecule has 1 unspecified atom stereocenters. The van der Waals surface area contributed by atoms with Crippen LogP contribution in [0.5, 0.6) is 0 Å². The SMILES string of the molecule is CCS(=O)c1sc(C2CC2)nc1-c1nc2cc(C(F)(F)F)ncc2n1C. The van der Waals surface area contributed by atoms with Gasteiger partial charge < -0.3 is 4.57 Å². The van der Waals surface area contributed by atoms with Crippen LogP contribution in [0.25, 0.3) is 22.6 Å². The minimum atomic E-state index is -4.53. The van der Waals surface area contributed by atoms with Crippen molar-refractivity contribution < 1.29 is 17.4 Å². The van der Waals surface area contributed by atoms with Crippen LogP contribution in [-0.2, 0) is 24.0 Å². The third-order valence-corrected chi connectivity index (χ3v) is 7.23. The molecule has 1 aliphatic carbocycles. The molecule has 3 aromatic heterocycles. The van der Waals surface area contributed by atoms with Crippen molar-refractivity contribution in [2.75, 3.05) is 5.75 Å². The zero-order chi connectivity index (χ0) is 18.6. The molecule has 138 valence electrons. The fourth-order valence-corrected chi connectivity index (χ4v) is 5.27. The largest absolute Gasteiger partial charge is 0.433 e. The second-order valence-corrected chi connectivity index (χ2v) is 9.11. The lowest BCUT2D eigenvalue weighted by Crippen LogP contribution is -2.07. The van der Waals surface area contributed by atoms with E-state index in [4.69, 9.17) is 0 Å². The summed E-state index contributed by atoms with van der Waals surface area (Å²) < 4.78 is 53.5. The summed E-state index contributed by atoms with van der Waals surface area (Å²) in [6, 6.07) is 0.934. The van der Waals surface area contributed by atoms with Crippen molar-refractivity contribution in [2.24, 2.45) is 7.05 Å². The van der Waals surface area contributed by atoms with E-state index in [2.05, 4.69) is 15.0 Å². The number of halogens is 3. The average Bonchev–Trinajstić information content (AvgIpc) is 3.28. The summed E-state index contributed by atoms with van der Waals surface area (Å²) in [5, 5.41) is 0.929. The van der Waals surface area contributed by atoms with Crippen LogP contribution in [0.15, 0.2) is 16.5 Å². The lowest BCUT2D eigenvalue weighted by molar-refractivity contribution is -0.141. The predicted molar refractivity (Wildman–Crippen MR) is 93.5 cm³/mol. The van der Waals surface area contributed by atoms with E-state index in [-0.39, 0.29) is 5.52 Å². The van der Waals surface area contributed by atoms with Crippen LogP contribution in [-0.4, -0.2) is 29.5 Å². The summed E-state index contributed by atoms with van der Waals surface area (Å²) in [4.78, 5) is 12.5. The maximum absolute atomic E-state index is 12.9. The zero-order valence-corrected chi connectivity index (χ0v) is 15.6. The molecule has 0 spiro atoms. The van der Waals surface area contributed by atoms with E-state index < -0.39 is 22.7 Å². The molecule has 3 heterocycles. The number of alkyl halides is 3. The molecule has 3 aromatic rings. The maximum Gasteiger partial charge on any atom is 0.433 e. The van der Waals surface area contributed by atoms with Crippen molar-refractivity contribution in [3.05, 3.63) is 23.0 Å². The normalized spacial score (nSPS) is 16.3. The first-order valence-corrected chi connectivity index (χ1v) is 10.2. The van der Waals surface area contributed by atoms with Gasteiger partial charge in [-0.15, -0.1) is 11.3 Å². The van der Waals surface area contributed by atoms with Gasteiger partial charge in [-0.1, -0.05) is 6.92 Å². The Balaban J connectivity index is 1.88. The molecule has 1 atom stereocenters. The fraction of sp³-hybridized carbons (Fsp3) is 0.438. The molecule has 1 saturated carbocycles. The Morgan fingerprint density at radius 1 is 1.35 bits per heavy atom. The van der Waals surface area contributed by atoms with Crippen LogP contribution >= 0.6 is 11.3 Å². The summed E-state index contributed by atoms with van der Waals surface area (Å²) in [5.74, 6) is 1.26. The van der Waals surface area contributed by atoms with E-state index in [1.54, 1.807) is 11.6 Å². The minimum absolute atomic E-state index is 0.194. The van der Waals surface area contributed by atoms with Crippen molar-refractivity contribution >= 4 is 33.2 Å². The number of fused-ring (bicyclic) bond motifs is 1. The minimum Gasteiger partial charge on any atom is -0.324 e. The standard InChI is InChI=1S/C16H15F3N4OS2/c1-3-26(24)15-12(22-14(25-15)8-4-5-8)13-21-9-6-11(16(17,18)19)20-7-10(9)23(13)2/h6-8H,3-5H2,1-2H3. The van der Waals surface area contributed by atoms with E-state index in [9.17, 15) is 17.4 Å². The first-order valence-electron chi connectivity index (χ1n) is 8.08. The number of aryl methyl sites for hydroxylation is 1. The molecule has 26 heavy (non-hydrogen) atoms. The van der Waals surface area contributed by atoms with Crippen molar-refractivity contribution in [3.8, 4) is 11.5 Å². The average molecular weight is 400 g/mol. The Labute approximate surface area is 153 Å². The van der Waals surface area contributed by atoms with Gasteiger partial charge >= 0.3 is 6.18 Å². The molecule has 0 aromatic carbocycles. The molecule has 5 nitrogen and oxygen atoms in total. The second kappa shape index (κ2) is 6.12. The van der Waals surface area contributed by atoms with E-state index in [1.165, 1.54) is 17.5 Å². The van der Waals surface area contributed by atoms with E-state index >= 15 is 0 Å². The van der Waals surface area contributed by atoms with Crippen LogP contribution in [0.3, 0.4) is 0 Å². The van der Waals surface area contributed by atoms with Crippen molar-refractivity contribution in [3.63, 3.8) is 0 Å². The first-order chi connectivity index (χ1) is 12.3. The molecular weight excluding hydrogens is 385 g/mol. The Bertz CT molecular complexity index is 1020. The molecule has 0 N–H and O–H groups in total. The zero-order valence-electron chi connectivity index (χ0n) is 14.0. The smallest absolute Gasteiger partial charge is 0.324 e. The number of hydrogen-bond donors (Lipinski definition) is 0. The van der Waals surface area contributed by atoms with Gasteiger partial charge in [0.25, 0.3) is 0 Å². The molecule has 1 fully saturated rings. The summed E-state index contributed by atoms with van der Waals surface area (Å²) in [6.45, 7) is 1.82. The highest BCUT2D eigenvalue weighted by molar-refractivity contribution is 7.87. The lowest BCUT2D eigenvalue weighted by Gasteiger charge is -2.04.